The predicted octanol–water partition coefficient (Wildman–Crippen LogP) is 2.71. The van der Waals surface area contributed by atoms with E-state index in [0.29, 0.717) is 5.56 Å². The lowest BCUT2D eigenvalue weighted by Gasteiger charge is -2.26. The summed E-state index contributed by atoms with van der Waals surface area (Å²) in [5.74, 6) is 1.61. The number of benzene rings is 2. The van der Waals surface area contributed by atoms with Crippen molar-refractivity contribution in [2.45, 2.75) is 6.42 Å². The van der Waals surface area contributed by atoms with E-state index in [9.17, 15) is 4.79 Å². The molecule has 152 valence electrons. The number of methoxy groups -OCH3 is 1. The van der Waals surface area contributed by atoms with Crippen LogP contribution in [0.25, 0.3) is 11.0 Å². The molecule has 4 rings (SSSR count). The zero-order valence-corrected chi connectivity index (χ0v) is 16.9. The molecule has 1 aliphatic heterocycles. The number of amides is 1. The number of aryl methyl sites for hydroxylation is 1. The fourth-order valence-electron chi connectivity index (χ4n) is 3.58. The number of aromatic nitrogens is 2. The first kappa shape index (κ1) is 19.4. The van der Waals surface area contributed by atoms with E-state index in [4.69, 9.17) is 14.5 Å². The molecule has 1 saturated heterocycles. The summed E-state index contributed by atoms with van der Waals surface area (Å²) < 4.78 is 12.7. The Kier molecular flexibility index (Phi) is 5.78. The van der Waals surface area contributed by atoms with Crippen molar-refractivity contribution in [3.05, 3.63) is 53.9 Å². The summed E-state index contributed by atoms with van der Waals surface area (Å²) in [6.07, 6.45) is 0.888. The molecular weight excluding hydrogens is 368 g/mol. The van der Waals surface area contributed by atoms with Gasteiger partial charge in [-0.15, -0.1) is 0 Å². The molecule has 29 heavy (non-hydrogen) atoms. The number of anilines is 1. The highest BCUT2D eigenvalue weighted by molar-refractivity contribution is 6.05. The maximum Gasteiger partial charge on any atom is 0.255 e. The lowest BCUT2D eigenvalue weighted by atomic mass is 10.2. The number of nitrogens with zero attached hydrogens (tertiary/aromatic N) is 3. The first-order valence-electron chi connectivity index (χ1n) is 9.85. The van der Waals surface area contributed by atoms with Gasteiger partial charge in [0.1, 0.15) is 11.6 Å². The molecule has 1 amide bonds. The number of carbonyl (C=O) groups excluding carboxylic acids is 1. The lowest BCUT2D eigenvalue weighted by Crippen LogP contribution is -2.37. The molecule has 1 aliphatic rings. The van der Waals surface area contributed by atoms with Gasteiger partial charge in [-0.25, -0.2) is 4.98 Å². The quantitative estimate of drug-likeness (QED) is 0.696. The Morgan fingerprint density at radius 1 is 1.17 bits per heavy atom. The molecule has 0 saturated carbocycles. The molecule has 7 nitrogen and oxygen atoms in total. The summed E-state index contributed by atoms with van der Waals surface area (Å²) in [5.41, 5.74) is 3.26. The standard InChI is InChI=1S/C22H26N4O3/c1-25-20-8-5-17(23-22(27)16-3-6-18(28-2)7-4-16)15-19(20)24-21(25)9-10-26-11-13-29-14-12-26/h3-8,15H,9-14H2,1-2H3,(H,23,27). The van der Waals surface area contributed by atoms with Gasteiger partial charge in [-0.2, -0.15) is 0 Å². The highest BCUT2D eigenvalue weighted by Gasteiger charge is 2.14. The van der Waals surface area contributed by atoms with Crippen molar-refractivity contribution in [2.75, 3.05) is 45.3 Å². The molecule has 3 aromatic rings. The molecule has 2 aromatic carbocycles. The van der Waals surface area contributed by atoms with Crippen molar-refractivity contribution in [3.8, 4) is 5.75 Å². The van der Waals surface area contributed by atoms with E-state index in [1.54, 1.807) is 31.4 Å². The molecule has 2 heterocycles. The van der Waals surface area contributed by atoms with Crippen LogP contribution in [-0.2, 0) is 18.2 Å². The Morgan fingerprint density at radius 2 is 1.93 bits per heavy atom. The van der Waals surface area contributed by atoms with E-state index in [2.05, 4.69) is 14.8 Å². The van der Waals surface area contributed by atoms with E-state index >= 15 is 0 Å². The van der Waals surface area contributed by atoms with Crippen molar-refractivity contribution in [2.24, 2.45) is 7.05 Å². The third-order valence-corrected chi connectivity index (χ3v) is 5.34. The van der Waals surface area contributed by atoms with Crippen molar-refractivity contribution < 1.29 is 14.3 Å². The van der Waals surface area contributed by atoms with E-state index in [1.165, 1.54) is 0 Å². The Bertz CT molecular complexity index is 991. The van der Waals surface area contributed by atoms with Crippen LogP contribution in [-0.4, -0.2) is 60.3 Å². The van der Waals surface area contributed by atoms with Crippen LogP contribution >= 0.6 is 0 Å². The van der Waals surface area contributed by atoms with Crippen LogP contribution in [0.15, 0.2) is 42.5 Å². The van der Waals surface area contributed by atoms with Crippen molar-refractivity contribution in [1.29, 1.82) is 0 Å². The van der Waals surface area contributed by atoms with Gasteiger partial charge in [-0.1, -0.05) is 0 Å². The fraction of sp³-hybridized carbons (Fsp3) is 0.364. The van der Waals surface area contributed by atoms with Crippen LogP contribution in [0.5, 0.6) is 5.75 Å². The number of hydrogen-bond acceptors (Lipinski definition) is 5. The second kappa shape index (κ2) is 8.63. The van der Waals surface area contributed by atoms with Gasteiger partial charge in [-0.3, -0.25) is 9.69 Å². The molecule has 0 bridgehead atoms. The number of ether oxygens (including phenoxy) is 2. The minimum Gasteiger partial charge on any atom is -0.497 e. The summed E-state index contributed by atoms with van der Waals surface area (Å²) in [6, 6.07) is 12.9. The van der Waals surface area contributed by atoms with E-state index < -0.39 is 0 Å². The fourth-order valence-corrected chi connectivity index (χ4v) is 3.58. The van der Waals surface area contributed by atoms with Crippen molar-refractivity contribution >= 4 is 22.6 Å². The molecule has 1 aromatic heterocycles. The van der Waals surface area contributed by atoms with Gasteiger partial charge in [0.2, 0.25) is 0 Å². The van der Waals surface area contributed by atoms with Crippen LogP contribution in [0.3, 0.4) is 0 Å². The SMILES string of the molecule is COc1ccc(C(=O)Nc2ccc3c(c2)nc(CCN2CCOCC2)n3C)cc1. The summed E-state index contributed by atoms with van der Waals surface area (Å²) in [4.78, 5) is 19.7. The van der Waals surface area contributed by atoms with Crippen molar-refractivity contribution in [3.63, 3.8) is 0 Å². The van der Waals surface area contributed by atoms with Gasteiger partial charge < -0.3 is 19.4 Å². The normalized spacial score (nSPS) is 14.8. The zero-order chi connectivity index (χ0) is 20.2. The molecule has 7 heteroatoms. The highest BCUT2D eigenvalue weighted by atomic mass is 16.5. The van der Waals surface area contributed by atoms with Crippen molar-refractivity contribution in [1.82, 2.24) is 14.5 Å². The minimum absolute atomic E-state index is 0.157. The van der Waals surface area contributed by atoms with E-state index in [-0.39, 0.29) is 5.91 Å². The van der Waals surface area contributed by atoms with Gasteiger partial charge in [0, 0.05) is 44.4 Å². The van der Waals surface area contributed by atoms with Crippen LogP contribution in [0.2, 0.25) is 0 Å². The number of fused-ring (bicyclic) bond motifs is 1. The molecule has 0 spiro atoms. The number of morpholine rings is 1. The van der Waals surface area contributed by atoms with Crippen LogP contribution in [0.1, 0.15) is 16.2 Å². The number of hydrogen-bond donors (Lipinski definition) is 1. The molecule has 0 aliphatic carbocycles. The maximum absolute atomic E-state index is 12.5. The highest BCUT2D eigenvalue weighted by Crippen LogP contribution is 2.21. The van der Waals surface area contributed by atoms with Gasteiger partial charge in [0.25, 0.3) is 5.91 Å². The zero-order valence-electron chi connectivity index (χ0n) is 16.9. The summed E-state index contributed by atoms with van der Waals surface area (Å²) >= 11 is 0. The molecule has 1 N–H and O–H groups in total. The second-order valence-corrected chi connectivity index (χ2v) is 7.18. The average Bonchev–Trinajstić information content (AvgIpc) is 3.08. The predicted molar refractivity (Wildman–Crippen MR) is 113 cm³/mol. The largest absolute Gasteiger partial charge is 0.497 e. The van der Waals surface area contributed by atoms with Gasteiger partial charge in [-0.05, 0) is 42.5 Å². The van der Waals surface area contributed by atoms with Gasteiger partial charge in [0.05, 0.1) is 31.4 Å². The average molecular weight is 394 g/mol. The van der Waals surface area contributed by atoms with Crippen LogP contribution in [0, 0.1) is 0 Å². The van der Waals surface area contributed by atoms with E-state index in [1.807, 2.05) is 25.2 Å². The van der Waals surface area contributed by atoms with Crippen LogP contribution in [0.4, 0.5) is 5.69 Å². The smallest absolute Gasteiger partial charge is 0.255 e. The molecule has 0 radical (unpaired) electrons. The summed E-state index contributed by atoms with van der Waals surface area (Å²) in [5, 5.41) is 2.95. The van der Waals surface area contributed by atoms with Gasteiger partial charge >= 0.3 is 0 Å². The van der Waals surface area contributed by atoms with Crippen LogP contribution < -0.4 is 10.1 Å². The monoisotopic (exact) mass is 394 g/mol. The third kappa shape index (κ3) is 4.41. The second-order valence-electron chi connectivity index (χ2n) is 7.18. The molecule has 0 unspecified atom stereocenters. The molecule has 1 fully saturated rings. The first-order chi connectivity index (χ1) is 14.1. The molecule has 0 atom stereocenters. The number of nitrogens with one attached hydrogen (secondary N) is 1. The summed E-state index contributed by atoms with van der Waals surface area (Å²) in [7, 11) is 3.64. The lowest BCUT2D eigenvalue weighted by molar-refractivity contribution is 0.0382. The number of imidazole rings is 1. The Hall–Kier alpha value is -2.90. The Balaban J connectivity index is 1.46. The number of rotatable bonds is 6. The first-order valence-corrected chi connectivity index (χ1v) is 9.85. The minimum atomic E-state index is -0.157. The Labute approximate surface area is 170 Å². The Morgan fingerprint density at radius 3 is 2.66 bits per heavy atom. The number of carbonyl (C=O) groups is 1. The third-order valence-electron chi connectivity index (χ3n) is 5.34. The van der Waals surface area contributed by atoms with E-state index in [0.717, 1.165) is 67.6 Å². The summed E-state index contributed by atoms with van der Waals surface area (Å²) in [6.45, 7) is 4.54. The topological polar surface area (TPSA) is 68.6 Å². The molecular formula is C22H26N4O3. The maximum atomic E-state index is 12.5. The van der Waals surface area contributed by atoms with Gasteiger partial charge in [0.15, 0.2) is 0 Å².